The molecule has 1 fully saturated rings. The van der Waals surface area contributed by atoms with Crippen LogP contribution in [0.5, 0.6) is 5.75 Å². The molecule has 2 unspecified atom stereocenters. The number of anilines is 1. The molecule has 3 rings (SSSR count). The Morgan fingerprint density at radius 3 is 2.85 bits per heavy atom. The van der Waals surface area contributed by atoms with Crippen LogP contribution in [0.3, 0.4) is 0 Å². The average Bonchev–Trinajstić information content (AvgIpc) is 3.10. The largest absolute Gasteiger partial charge is 0.489 e. The first-order valence-electron chi connectivity index (χ1n) is 9.09. The number of likely N-dealkylation sites (tertiary alicyclic amines) is 1. The second-order valence-electron chi connectivity index (χ2n) is 6.98. The van der Waals surface area contributed by atoms with Crippen molar-refractivity contribution in [1.29, 1.82) is 0 Å². The molecular weight excluding hydrogens is 344 g/mol. The monoisotopic (exact) mass is 370 g/mol. The molecule has 0 aromatic carbocycles. The van der Waals surface area contributed by atoms with Crippen molar-refractivity contribution in [2.75, 3.05) is 32.5 Å². The molecule has 144 valence electrons. The van der Waals surface area contributed by atoms with Crippen LogP contribution in [-0.4, -0.2) is 70.0 Å². The molecule has 1 N–H and O–H groups in total. The van der Waals surface area contributed by atoms with E-state index in [2.05, 4.69) is 30.1 Å². The number of ether oxygens (including phenoxy) is 1. The van der Waals surface area contributed by atoms with Crippen LogP contribution in [-0.2, 0) is 11.3 Å². The molecule has 3 heterocycles. The van der Waals surface area contributed by atoms with Crippen LogP contribution in [0.2, 0.25) is 0 Å². The predicted molar refractivity (Wildman–Crippen MR) is 102 cm³/mol. The lowest BCUT2D eigenvalue weighted by Gasteiger charge is -2.23. The molecule has 0 aliphatic carbocycles. The Morgan fingerprint density at radius 1 is 1.33 bits per heavy atom. The van der Waals surface area contributed by atoms with Gasteiger partial charge >= 0.3 is 0 Å². The molecule has 1 saturated heterocycles. The maximum Gasteiger partial charge on any atom is 0.243 e. The fraction of sp³-hybridized carbons (Fsp3) is 0.474. The number of hydrogen-bond donors (Lipinski definition) is 1. The fourth-order valence-electron chi connectivity index (χ4n) is 3.08. The molecule has 2 aromatic heterocycles. The molecule has 0 bridgehead atoms. The van der Waals surface area contributed by atoms with E-state index < -0.39 is 0 Å². The number of nitrogens with zero attached hydrogens (tertiary/aromatic N) is 5. The van der Waals surface area contributed by atoms with Crippen molar-refractivity contribution in [3.05, 3.63) is 42.5 Å². The van der Waals surface area contributed by atoms with Gasteiger partial charge in [-0.3, -0.25) is 20.0 Å². The third-order valence-corrected chi connectivity index (χ3v) is 4.47. The van der Waals surface area contributed by atoms with Crippen molar-refractivity contribution in [3.63, 3.8) is 0 Å². The summed E-state index contributed by atoms with van der Waals surface area (Å²) in [4.78, 5) is 29.0. The van der Waals surface area contributed by atoms with Gasteiger partial charge in [-0.15, -0.1) is 0 Å². The summed E-state index contributed by atoms with van der Waals surface area (Å²) in [5, 5.41) is 2.75. The number of hydrogen-bond acceptors (Lipinski definition) is 7. The van der Waals surface area contributed by atoms with Crippen LogP contribution in [0.4, 0.5) is 5.95 Å². The summed E-state index contributed by atoms with van der Waals surface area (Å²) in [6, 6.07) is 5.30. The summed E-state index contributed by atoms with van der Waals surface area (Å²) >= 11 is 0. The smallest absolute Gasteiger partial charge is 0.243 e. The van der Waals surface area contributed by atoms with Crippen LogP contribution < -0.4 is 10.1 Å². The highest BCUT2D eigenvalue weighted by Gasteiger charge is 2.31. The summed E-state index contributed by atoms with van der Waals surface area (Å²) in [5.41, 5.74) is 0.975. The summed E-state index contributed by atoms with van der Waals surface area (Å²) in [7, 11) is 4.02. The van der Waals surface area contributed by atoms with Gasteiger partial charge in [0, 0.05) is 44.3 Å². The number of pyridine rings is 1. The van der Waals surface area contributed by atoms with Crippen LogP contribution in [0.25, 0.3) is 0 Å². The Bertz CT molecular complexity index is 755. The van der Waals surface area contributed by atoms with Gasteiger partial charge in [-0.25, -0.2) is 9.97 Å². The van der Waals surface area contributed by atoms with Gasteiger partial charge in [-0.05, 0) is 39.6 Å². The number of carbonyl (C=O) groups excluding carboxylic acids is 1. The zero-order valence-electron chi connectivity index (χ0n) is 16.0. The molecule has 8 nitrogen and oxygen atoms in total. The Labute approximate surface area is 159 Å². The maximum absolute atomic E-state index is 12.4. The lowest BCUT2D eigenvalue weighted by Crippen LogP contribution is -2.41. The Balaban J connectivity index is 1.53. The van der Waals surface area contributed by atoms with Gasteiger partial charge < -0.3 is 9.64 Å². The van der Waals surface area contributed by atoms with Crippen molar-refractivity contribution >= 4 is 11.9 Å². The highest BCUT2D eigenvalue weighted by molar-refractivity contribution is 5.93. The molecule has 2 atom stereocenters. The standard InChI is InChI=1S/C19H26N6O2/c1-14(18(26)23-19-21-7-4-8-22-19)25-10-6-17(13-25)27-16-5-9-20-15(11-16)12-24(2)3/h4-5,7-9,11,14,17H,6,10,12-13H2,1-3H3,(H,21,22,23,26). The lowest BCUT2D eigenvalue weighted by atomic mass is 10.3. The summed E-state index contributed by atoms with van der Waals surface area (Å²) in [6.07, 6.45) is 5.92. The van der Waals surface area contributed by atoms with Crippen molar-refractivity contribution in [1.82, 2.24) is 24.8 Å². The van der Waals surface area contributed by atoms with E-state index in [4.69, 9.17) is 4.74 Å². The van der Waals surface area contributed by atoms with E-state index in [9.17, 15) is 4.79 Å². The molecule has 1 aliphatic heterocycles. The second-order valence-corrected chi connectivity index (χ2v) is 6.98. The quantitative estimate of drug-likeness (QED) is 0.789. The number of carbonyl (C=O) groups is 1. The number of rotatable bonds is 7. The molecule has 0 radical (unpaired) electrons. The molecule has 27 heavy (non-hydrogen) atoms. The second kappa shape index (κ2) is 8.88. The van der Waals surface area contributed by atoms with Crippen LogP contribution >= 0.6 is 0 Å². The maximum atomic E-state index is 12.4. The third-order valence-electron chi connectivity index (χ3n) is 4.47. The van der Waals surface area contributed by atoms with Gasteiger partial charge in [0.15, 0.2) is 0 Å². The first-order valence-corrected chi connectivity index (χ1v) is 9.09. The fourth-order valence-corrected chi connectivity index (χ4v) is 3.08. The highest BCUT2D eigenvalue weighted by atomic mass is 16.5. The molecule has 1 aliphatic rings. The molecular formula is C19H26N6O2. The number of nitrogens with one attached hydrogen (secondary N) is 1. The van der Waals surface area contributed by atoms with E-state index in [1.54, 1.807) is 24.7 Å². The minimum Gasteiger partial charge on any atom is -0.489 e. The predicted octanol–water partition coefficient (Wildman–Crippen LogP) is 1.41. The summed E-state index contributed by atoms with van der Waals surface area (Å²) < 4.78 is 6.12. The van der Waals surface area contributed by atoms with Crippen molar-refractivity contribution in [3.8, 4) is 5.75 Å². The van der Waals surface area contributed by atoms with E-state index in [1.807, 2.05) is 33.2 Å². The van der Waals surface area contributed by atoms with Gasteiger partial charge in [0.25, 0.3) is 0 Å². The highest BCUT2D eigenvalue weighted by Crippen LogP contribution is 2.21. The Kier molecular flexibility index (Phi) is 6.31. The Hall–Kier alpha value is -2.58. The van der Waals surface area contributed by atoms with Crippen LogP contribution in [0, 0.1) is 0 Å². The van der Waals surface area contributed by atoms with Crippen LogP contribution in [0.1, 0.15) is 19.0 Å². The first kappa shape index (κ1) is 19.2. The summed E-state index contributed by atoms with van der Waals surface area (Å²) in [6.45, 7) is 4.18. The molecule has 1 amide bonds. The SMILES string of the molecule is CC(C(=O)Nc1ncccn1)N1CCC(Oc2ccnc(CN(C)C)c2)C1. The molecule has 2 aromatic rings. The van der Waals surface area contributed by atoms with Crippen molar-refractivity contribution in [2.45, 2.75) is 32.0 Å². The zero-order chi connectivity index (χ0) is 19.2. The van der Waals surface area contributed by atoms with Gasteiger partial charge in [-0.1, -0.05) is 0 Å². The van der Waals surface area contributed by atoms with E-state index in [0.29, 0.717) is 12.5 Å². The van der Waals surface area contributed by atoms with E-state index in [-0.39, 0.29) is 18.1 Å². The number of amides is 1. The Morgan fingerprint density at radius 2 is 2.11 bits per heavy atom. The van der Waals surface area contributed by atoms with Gasteiger partial charge in [0.1, 0.15) is 11.9 Å². The van der Waals surface area contributed by atoms with E-state index in [1.165, 1.54) is 0 Å². The first-order chi connectivity index (χ1) is 13.0. The van der Waals surface area contributed by atoms with Gasteiger partial charge in [0.2, 0.25) is 11.9 Å². The number of aromatic nitrogens is 3. The van der Waals surface area contributed by atoms with Gasteiger partial charge in [0.05, 0.1) is 11.7 Å². The third kappa shape index (κ3) is 5.45. The molecule has 8 heteroatoms. The van der Waals surface area contributed by atoms with Crippen LogP contribution in [0.15, 0.2) is 36.8 Å². The molecule has 0 saturated carbocycles. The zero-order valence-corrected chi connectivity index (χ0v) is 16.0. The minimum atomic E-state index is -0.274. The van der Waals surface area contributed by atoms with E-state index in [0.717, 1.165) is 31.0 Å². The van der Waals surface area contributed by atoms with E-state index >= 15 is 0 Å². The minimum absolute atomic E-state index is 0.0582. The van der Waals surface area contributed by atoms with Crippen molar-refractivity contribution in [2.24, 2.45) is 0 Å². The normalized spacial score (nSPS) is 18.4. The average molecular weight is 370 g/mol. The lowest BCUT2D eigenvalue weighted by molar-refractivity contribution is -0.120. The summed E-state index contributed by atoms with van der Waals surface area (Å²) in [5.74, 6) is 1.04. The molecule has 0 spiro atoms. The topological polar surface area (TPSA) is 83.5 Å². The van der Waals surface area contributed by atoms with Gasteiger partial charge in [-0.2, -0.15) is 0 Å². The van der Waals surface area contributed by atoms with Crippen molar-refractivity contribution < 1.29 is 9.53 Å².